The van der Waals surface area contributed by atoms with Gasteiger partial charge in [-0.25, -0.2) is 4.39 Å². The molecule has 5 nitrogen and oxygen atoms in total. The molecule has 2 aromatic rings. The summed E-state index contributed by atoms with van der Waals surface area (Å²) in [5.74, 6) is -0.150. The van der Waals surface area contributed by atoms with Crippen molar-refractivity contribution in [2.45, 2.75) is 43.4 Å². The molecule has 1 heterocycles. The summed E-state index contributed by atoms with van der Waals surface area (Å²) in [5, 5.41) is 0. The average Bonchev–Trinajstić information content (AvgIpc) is 2.68. The third kappa shape index (κ3) is 5.50. The van der Waals surface area contributed by atoms with E-state index in [1.54, 1.807) is 13.0 Å². The van der Waals surface area contributed by atoms with Gasteiger partial charge in [0.05, 0.1) is 4.90 Å². The second kappa shape index (κ2) is 9.15. The Hall–Kier alpha value is -2.09. The largest absolute Gasteiger partial charge is 0.303 e. The third-order valence-electron chi connectivity index (χ3n) is 5.59. The summed E-state index contributed by atoms with van der Waals surface area (Å²) < 4.78 is 45.6. The summed E-state index contributed by atoms with van der Waals surface area (Å²) in [6.07, 6.45) is 3.07. The molecule has 0 aliphatic carbocycles. The highest BCUT2D eigenvalue weighted by Gasteiger charge is 2.25. The summed E-state index contributed by atoms with van der Waals surface area (Å²) in [6.45, 7) is 4.25. The van der Waals surface area contributed by atoms with Crippen LogP contribution in [0.15, 0.2) is 47.4 Å². The number of halogens is 1. The first-order valence-corrected chi connectivity index (χ1v) is 11.3. The predicted molar refractivity (Wildman–Crippen MR) is 109 cm³/mol. The number of hydrogen-bond acceptors (Lipinski definition) is 4. The highest BCUT2D eigenvalue weighted by molar-refractivity contribution is 7.85. The van der Waals surface area contributed by atoms with Crippen LogP contribution in [0, 0.1) is 12.7 Å². The fraction of sp³-hybridized carbons (Fsp3) is 0.409. The molecule has 2 aromatic carbocycles. The number of Topliss-reactive ketones (excluding diaryl/α,β-unsaturated/α-hetero) is 1. The smallest absolute Gasteiger partial charge is 0.294 e. The molecule has 3 rings (SSSR count). The number of nitrogens with zero attached hydrogens (tertiary/aromatic N) is 1. The van der Waals surface area contributed by atoms with Crippen LogP contribution in [0.3, 0.4) is 0 Å². The second-order valence-corrected chi connectivity index (χ2v) is 9.01. The van der Waals surface area contributed by atoms with Gasteiger partial charge in [0.15, 0.2) is 5.78 Å². The summed E-state index contributed by atoms with van der Waals surface area (Å²) in [7, 11) is -4.24. The maximum absolute atomic E-state index is 13.0. The molecule has 0 amide bonds. The minimum Gasteiger partial charge on any atom is -0.303 e. The van der Waals surface area contributed by atoms with E-state index in [2.05, 4.69) is 4.90 Å². The molecule has 0 spiro atoms. The van der Waals surface area contributed by atoms with E-state index in [4.69, 9.17) is 0 Å². The minimum absolute atomic E-state index is 0.00950. The molecule has 1 aliphatic heterocycles. The van der Waals surface area contributed by atoms with E-state index in [-0.39, 0.29) is 22.4 Å². The number of carbonyl (C=O) groups excluding carboxylic acids is 1. The zero-order valence-corrected chi connectivity index (χ0v) is 17.3. The van der Waals surface area contributed by atoms with Crippen molar-refractivity contribution >= 4 is 15.9 Å². The first-order chi connectivity index (χ1) is 13.8. The summed E-state index contributed by atoms with van der Waals surface area (Å²) in [6, 6.07) is 10.6. The molecule has 0 saturated carbocycles. The highest BCUT2D eigenvalue weighted by atomic mass is 32.2. The van der Waals surface area contributed by atoms with Crippen molar-refractivity contribution in [1.29, 1.82) is 0 Å². The van der Waals surface area contributed by atoms with E-state index < -0.39 is 10.1 Å². The maximum Gasteiger partial charge on any atom is 0.294 e. The van der Waals surface area contributed by atoms with Gasteiger partial charge >= 0.3 is 0 Å². The van der Waals surface area contributed by atoms with Gasteiger partial charge < -0.3 is 4.90 Å². The number of hydrogen-bond donors (Lipinski definition) is 1. The van der Waals surface area contributed by atoms with Crippen LogP contribution in [-0.4, -0.2) is 43.3 Å². The Labute approximate surface area is 171 Å². The molecule has 29 heavy (non-hydrogen) atoms. The van der Waals surface area contributed by atoms with Gasteiger partial charge in [-0.3, -0.25) is 9.35 Å². The van der Waals surface area contributed by atoms with E-state index in [0.29, 0.717) is 24.0 Å². The molecule has 1 N–H and O–H groups in total. The molecule has 1 fully saturated rings. The van der Waals surface area contributed by atoms with Crippen molar-refractivity contribution in [2.75, 3.05) is 19.6 Å². The topological polar surface area (TPSA) is 74.7 Å². The van der Waals surface area contributed by atoms with Crippen molar-refractivity contribution in [1.82, 2.24) is 4.90 Å². The lowest BCUT2D eigenvalue weighted by atomic mass is 9.88. The standard InChI is InChI=1S/C22H26FNO4S/c1-16-20(6-2-8-22(16)29(26,27)28)18-5-3-13-24(15-18)14-4-7-21(25)17-9-11-19(23)12-10-17/h2,6,8-12,18H,3-5,7,13-15H2,1H3,(H,26,27,28). The van der Waals surface area contributed by atoms with Crippen LogP contribution in [0.5, 0.6) is 0 Å². The molecule has 0 bridgehead atoms. The lowest BCUT2D eigenvalue weighted by Gasteiger charge is -2.33. The first kappa shape index (κ1) is 21.6. The van der Waals surface area contributed by atoms with Gasteiger partial charge in [0.2, 0.25) is 0 Å². The first-order valence-electron chi connectivity index (χ1n) is 9.84. The zero-order chi connectivity index (χ0) is 21.0. The summed E-state index contributed by atoms with van der Waals surface area (Å²) in [4.78, 5) is 14.5. The fourth-order valence-electron chi connectivity index (χ4n) is 4.11. The molecule has 1 saturated heterocycles. The molecular formula is C22H26FNO4S. The van der Waals surface area contributed by atoms with Crippen LogP contribution < -0.4 is 0 Å². The van der Waals surface area contributed by atoms with Crippen LogP contribution in [0.2, 0.25) is 0 Å². The van der Waals surface area contributed by atoms with Gasteiger partial charge in [-0.2, -0.15) is 8.42 Å². The van der Waals surface area contributed by atoms with Gasteiger partial charge in [0, 0.05) is 18.5 Å². The van der Waals surface area contributed by atoms with Gasteiger partial charge in [-0.05, 0) is 86.7 Å². The average molecular weight is 420 g/mol. The molecule has 0 radical (unpaired) electrons. The Kier molecular flexibility index (Phi) is 6.82. The van der Waals surface area contributed by atoms with E-state index in [1.165, 1.54) is 30.3 Å². The second-order valence-electron chi connectivity index (χ2n) is 7.62. The van der Waals surface area contributed by atoms with Gasteiger partial charge in [0.1, 0.15) is 5.82 Å². The van der Waals surface area contributed by atoms with Gasteiger partial charge in [-0.1, -0.05) is 12.1 Å². The number of ketones is 1. The fourth-order valence-corrected chi connectivity index (χ4v) is 4.86. The van der Waals surface area contributed by atoms with Crippen LogP contribution in [0.4, 0.5) is 4.39 Å². The van der Waals surface area contributed by atoms with Crippen LogP contribution in [0.25, 0.3) is 0 Å². The number of carbonyl (C=O) groups is 1. The van der Waals surface area contributed by atoms with Crippen molar-refractivity contribution < 1.29 is 22.2 Å². The zero-order valence-electron chi connectivity index (χ0n) is 16.5. The quantitative estimate of drug-likeness (QED) is 0.537. The highest BCUT2D eigenvalue weighted by Crippen LogP contribution is 2.31. The molecule has 1 unspecified atom stereocenters. The van der Waals surface area contributed by atoms with Crippen molar-refractivity contribution in [3.8, 4) is 0 Å². The molecule has 1 aliphatic rings. The lowest BCUT2D eigenvalue weighted by Crippen LogP contribution is -2.35. The lowest BCUT2D eigenvalue weighted by molar-refractivity contribution is 0.0972. The summed E-state index contributed by atoms with van der Waals surface area (Å²) >= 11 is 0. The van der Waals surface area contributed by atoms with Crippen molar-refractivity contribution in [2.24, 2.45) is 0 Å². The number of benzene rings is 2. The Bertz CT molecular complexity index is 973. The monoisotopic (exact) mass is 419 g/mol. The summed E-state index contributed by atoms with van der Waals surface area (Å²) in [5.41, 5.74) is 2.08. The van der Waals surface area contributed by atoms with Gasteiger partial charge in [-0.15, -0.1) is 0 Å². The van der Waals surface area contributed by atoms with Crippen LogP contribution in [-0.2, 0) is 10.1 Å². The van der Waals surface area contributed by atoms with E-state index in [0.717, 1.165) is 38.0 Å². The Balaban J connectivity index is 1.59. The van der Waals surface area contributed by atoms with Gasteiger partial charge in [0.25, 0.3) is 10.1 Å². The minimum atomic E-state index is -4.24. The predicted octanol–water partition coefficient (Wildman–Crippen LogP) is 4.22. The van der Waals surface area contributed by atoms with Crippen LogP contribution >= 0.6 is 0 Å². The molecule has 0 aromatic heterocycles. The third-order valence-corrected chi connectivity index (χ3v) is 6.59. The number of rotatable bonds is 7. The normalized spacial score (nSPS) is 18.0. The van der Waals surface area contributed by atoms with E-state index in [1.807, 2.05) is 6.07 Å². The SMILES string of the molecule is Cc1c(C2CCCN(CCCC(=O)c3ccc(F)cc3)C2)cccc1S(=O)(=O)O. The molecular weight excluding hydrogens is 393 g/mol. The maximum atomic E-state index is 13.0. The molecule has 1 atom stereocenters. The molecule has 7 heteroatoms. The Morgan fingerprint density at radius 2 is 1.93 bits per heavy atom. The molecule has 156 valence electrons. The number of likely N-dealkylation sites (tertiary alicyclic amines) is 1. The van der Waals surface area contributed by atoms with Crippen LogP contribution in [0.1, 0.15) is 53.1 Å². The van der Waals surface area contributed by atoms with E-state index >= 15 is 0 Å². The van der Waals surface area contributed by atoms with Crippen molar-refractivity contribution in [3.63, 3.8) is 0 Å². The Morgan fingerprint density at radius 3 is 2.62 bits per heavy atom. The number of piperidine rings is 1. The Morgan fingerprint density at radius 1 is 1.21 bits per heavy atom. The van der Waals surface area contributed by atoms with E-state index in [9.17, 15) is 22.2 Å². The van der Waals surface area contributed by atoms with Crippen molar-refractivity contribution in [3.05, 3.63) is 65.0 Å².